The average Bonchev–Trinajstić information content (AvgIpc) is 3.08. The molecule has 0 atom stereocenters. The summed E-state index contributed by atoms with van der Waals surface area (Å²) in [5.74, 6) is 0.0232. The molecule has 6 heteroatoms. The van der Waals surface area contributed by atoms with Crippen molar-refractivity contribution in [2.75, 3.05) is 7.11 Å². The first-order chi connectivity index (χ1) is 13.1. The molecule has 5 nitrogen and oxygen atoms in total. The van der Waals surface area contributed by atoms with Crippen LogP contribution < -0.4 is 9.47 Å². The van der Waals surface area contributed by atoms with Gasteiger partial charge in [0.15, 0.2) is 0 Å². The van der Waals surface area contributed by atoms with Gasteiger partial charge in [0.05, 0.1) is 35.9 Å². The van der Waals surface area contributed by atoms with Crippen LogP contribution in [0.25, 0.3) is 33.4 Å². The lowest BCUT2D eigenvalue weighted by atomic mass is 9.95. The van der Waals surface area contributed by atoms with E-state index < -0.39 is 5.82 Å². The first kappa shape index (κ1) is 16.6. The maximum absolute atomic E-state index is 14.0. The van der Waals surface area contributed by atoms with E-state index in [2.05, 4.69) is 11.1 Å². The molecule has 2 aromatic carbocycles. The topological polar surface area (TPSA) is 75.8 Å². The van der Waals surface area contributed by atoms with Gasteiger partial charge in [-0.15, -0.1) is 0 Å². The van der Waals surface area contributed by atoms with Gasteiger partial charge in [0.1, 0.15) is 17.3 Å². The van der Waals surface area contributed by atoms with Gasteiger partial charge < -0.3 is 9.94 Å². The van der Waals surface area contributed by atoms with Crippen LogP contribution in [0.4, 0.5) is 4.39 Å². The Kier molecular flexibility index (Phi) is 3.98. The van der Waals surface area contributed by atoms with Gasteiger partial charge in [-0.05, 0) is 36.4 Å². The standard InChI is InChI=1S/C21H14FN3O2/c1-27-18-9-8-14(22)11-17(18)20-19(15-6-3-2-5-13(15)12-23)16-7-4-10-25(26)21(16)24-20/h2-11,24H,1H3. The second-order valence-corrected chi connectivity index (χ2v) is 5.97. The summed E-state index contributed by atoms with van der Waals surface area (Å²) in [6, 6.07) is 16.9. The highest BCUT2D eigenvalue weighted by molar-refractivity contribution is 6.03. The second kappa shape index (κ2) is 6.46. The largest absolute Gasteiger partial charge is 0.711 e. The number of benzene rings is 2. The minimum absolute atomic E-state index is 0.321. The Labute approximate surface area is 154 Å². The van der Waals surface area contributed by atoms with E-state index in [1.54, 1.807) is 30.3 Å². The number of nitrogens with one attached hydrogen (secondary N) is 1. The van der Waals surface area contributed by atoms with Crippen LogP contribution in [0.1, 0.15) is 5.56 Å². The molecule has 0 unspecified atom stereocenters. The zero-order valence-corrected chi connectivity index (χ0v) is 14.4. The van der Waals surface area contributed by atoms with E-state index in [1.165, 1.54) is 31.5 Å². The summed E-state index contributed by atoms with van der Waals surface area (Å²) < 4.78 is 20.1. The number of hydrogen-bond donors (Lipinski definition) is 1. The van der Waals surface area contributed by atoms with Gasteiger partial charge in [0, 0.05) is 11.1 Å². The van der Waals surface area contributed by atoms with Gasteiger partial charge >= 0.3 is 0 Å². The van der Waals surface area contributed by atoms with Crippen LogP contribution in [0.5, 0.6) is 5.75 Å². The smallest absolute Gasteiger partial charge is 0.290 e. The van der Waals surface area contributed by atoms with Gasteiger partial charge in [-0.25, -0.2) is 14.1 Å². The van der Waals surface area contributed by atoms with Crippen LogP contribution in [0.3, 0.4) is 0 Å². The predicted molar refractivity (Wildman–Crippen MR) is 99.4 cm³/mol. The molecule has 0 aliphatic carbocycles. The minimum atomic E-state index is -0.432. The molecule has 2 aromatic heterocycles. The molecule has 0 fully saturated rings. The van der Waals surface area contributed by atoms with E-state index in [0.29, 0.717) is 49.5 Å². The van der Waals surface area contributed by atoms with Crippen LogP contribution in [0.15, 0.2) is 60.8 Å². The SMILES string of the molecule is COc1ccc(F)cc1-c1[nH]c2c(ccc[n+]2[O-])c1-c1ccccc1C#N. The highest BCUT2D eigenvalue weighted by atomic mass is 19.1. The maximum atomic E-state index is 14.0. The number of nitriles is 1. The number of ether oxygens (including phenoxy) is 1. The Morgan fingerprint density at radius 2 is 1.93 bits per heavy atom. The molecule has 4 rings (SSSR count). The lowest BCUT2D eigenvalue weighted by Crippen LogP contribution is -2.25. The number of hydrogen-bond acceptors (Lipinski definition) is 3. The summed E-state index contributed by atoms with van der Waals surface area (Å²) in [6.45, 7) is 0. The van der Waals surface area contributed by atoms with Crippen LogP contribution in [0, 0.1) is 22.4 Å². The molecular formula is C21H14FN3O2. The van der Waals surface area contributed by atoms with Crippen molar-refractivity contribution in [2.24, 2.45) is 0 Å². The zero-order valence-electron chi connectivity index (χ0n) is 14.4. The molecule has 0 bridgehead atoms. The molecule has 4 aromatic rings. The normalized spacial score (nSPS) is 10.7. The Balaban J connectivity index is 2.16. The Bertz CT molecular complexity index is 1210. The summed E-state index contributed by atoms with van der Waals surface area (Å²) >= 11 is 0. The van der Waals surface area contributed by atoms with Crippen molar-refractivity contribution in [3.63, 3.8) is 0 Å². The fourth-order valence-electron chi connectivity index (χ4n) is 3.29. The Morgan fingerprint density at radius 1 is 1.11 bits per heavy atom. The van der Waals surface area contributed by atoms with Gasteiger partial charge in [-0.2, -0.15) is 5.26 Å². The predicted octanol–water partition coefficient (Wildman–Crippen LogP) is 4.15. The lowest BCUT2D eigenvalue weighted by molar-refractivity contribution is -0.579. The van der Waals surface area contributed by atoms with Crippen molar-refractivity contribution in [1.29, 1.82) is 5.26 Å². The third-order valence-electron chi connectivity index (χ3n) is 4.47. The summed E-state index contributed by atoms with van der Waals surface area (Å²) in [5.41, 5.74) is 3.06. The number of H-pyrrole nitrogens is 1. The number of fused-ring (bicyclic) bond motifs is 1. The molecule has 0 saturated heterocycles. The third-order valence-corrected chi connectivity index (χ3v) is 4.47. The number of halogens is 1. The van der Waals surface area contributed by atoms with E-state index in [4.69, 9.17) is 4.74 Å². The monoisotopic (exact) mass is 359 g/mol. The van der Waals surface area contributed by atoms with Crippen molar-refractivity contribution < 1.29 is 13.9 Å². The van der Waals surface area contributed by atoms with Crippen molar-refractivity contribution in [1.82, 2.24) is 4.98 Å². The summed E-state index contributed by atoms with van der Waals surface area (Å²) in [7, 11) is 1.50. The van der Waals surface area contributed by atoms with E-state index in [0.717, 1.165) is 0 Å². The summed E-state index contributed by atoms with van der Waals surface area (Å²) in [4.78, 5) is 3.09. The van der Waals surface area contributed by atoms with Crippen molar-refractivity contribution in [3.8, 4) is 34.2 Å². The molecule has 0 spiro atoms. The number of pyridine rings is 1. The van der Waals surface area contributed by atoms with Crippen LogP contribution in [-0.2, 0) is 0 Å². The fourth-order valence-corrected chi connectivity index (χ4v) is 3.29. The molecule has 27 heavy (non-hydrogen) atoms. The summed E-state index contributed by atoms with van der Waals surface area (Å²) in [6.07, 6.45) is 1.38. The van der Waals surface area contributed by atoms with Crippen LogP contribution >= 0.6 is 0 Å². The zero-order chi connectivity index (χ0) is 19.0. The minimum Gasteiger partial charge on any atom is -0.711 e. The molecule has 0 amide bonds. The lowest BCUT2D eigenvalue weighted by Gasteiger charge is -2.09. The van der Waals surface area contributed by atoms with Crippen LogP contribution in [0.2, 0.25) is 0 Å². The molecular weight excluding hydrogens is 345 g/mol. The molecule has 0 saturated carbocycles. The van der Waals surface area contributed by atoms with Crippen LogP contribution in [-0.4, -0.2) is 12.1 Å². The fraction of sp³-hybridized carbons (Fsp3) is 0.0476. The summed E-state index contributed by atoms with van der Waals surface area (Å²) in [5, 5.41) is 22.5. The number of methoxy groups -OCH3 is 1. The van der Waals surface area contributed by atoms with E-state index >= 15 is 0 Å². The quantitative estimate of drug-likeness (QED) is 0.441. The molecule has 2 heterocycles. The molecule has 0 radical (unpaired) electrons. The van der Waals surface area contributed by atoms with E-state index in [9.17, 15) is 14.9 Å². The molecule has 0 aliphatic rings. The highest BCUT2D eigenvalue weighted by Crippen LogP contribution is 2.42. The van der Waals surface area contributed by atoms with Gasteiger partial charge in [-0.3, -0.25) is 0 Å². The van der Waals surface area contributed by atoms with Gasteiger partial charge in [0.2, 0.25) is 0 Å². The average molecular weight is 359 g/mol. The molecule has 132 valence electrons. The number of rotatable bonds is 3. The number of aromatic nitrogens is 2. The van der Waals surface area contributed by atoms with Crippen molar-refractivity contribution >= 4 is 11.0 Å². The Hall–Kier alpha value is -3.85. The second-order valence-electron chi connectivity index (χ2n) is 5.97. The van der Waals surface area contributed by atoms with E-state index in [-0.39, 0.29) is 0 Å². The highest BCUT2D eigenvalue weighted by Gasteiger charge is 2.25. The third kappa shape index (κ3) is 2.66. The maximum Gasteiger partial charge on any atom is 0.290 e. The van der Waals surface area contributed by atoms with Gasteiger partial charge in [-0.1, -0.05) is 18.2 Å². The van der Waals surface area contributed by atoms with Gasteiger partial charge in [0.25, 0.3) is 5.65 Å². The van der Waals surface area contributed by atoms with Crippen molar-refractivity contribution in [3.05, 3.63) is 77.4 Å². The Morgan fingerprint density at radius 3 is 2.70 bits per heavy atom. The number of aromatic amines is 1. The van der Waals surface area contributed by atoms with E-state index in [1.807, 2.05) is 6.07 Å². The first-order valence-electron chi connectivity index (χ1n) is 8.21. The van der Waals surface area contributed by atoms with Crippen molar-refractivity contribution in [2.45, 2.75) is 0 Å². The first-order valence-corrected chi connectivity index (χ1v) is 8.21. The molecule has 1 N–H and O–H groups in total. The number of nitrogens with zero attached hydrogens (tertiary/aromatic N) is 2. The molecule has 0 aliphatic heterocycles.